The van der Waals surface area contributed by atoms with Crippen molar-refractivity contribution >= 4 is 22.8 Å². The summed E-state index contributed by atoms with van der Waals surface area (Å²) in [5.41, 5.74) is 7.12. The lowest BCUT2D eigenvalue weighted by molar-refractivity contribution is -0.125. The van der Waals surface area contributed by atoms with Crippen LogP contribution < -0.4 is 16.4 Å². The number of imidazole rings is 1. The molecular formula is C16H23N5O2. The Morgan fingerprint density at radius 2 is 1.91 bits per heavy atom. The average Bonchev–Trinajstić information content (AvgIpc) is 2.92. The first-order valence-electron chi connectivity index (χ1n) is 7.67. The molecule has 7 heteroatoms. The molecule has 0 aliphatic heterocycles. The van der Waals surface area contributed by atoms with Crippen molar-refractivity contribution in [3.63, 3.8) is 0 Å². The highest BCUT2D eigenvalue weighted by Gasteiger charge is 2.19. The van der Waals surface area contributed by atoms with E-state index in [0.717, 1.165) is 16.9 Å². The maximum atomic E-state index is 11.9. The standard InChI is InChI=1S/C16H23N5O2/c1-10(2)21-13-7-5-4-6-12(13)20-16(21)11(3)19-15(23)9-18-14(22)8-17/h4-7,10-11H,8-9,17H2,1-3H3,(H,18,22)(H,19,23). The number of nitrogens with zero attached hydrogens (tertiary/aromatic N) is 2. The van der Waals surface area contributed by atoms with Crippen LogP contribution in [0.3, 0.4) is 0 Å². The molecule has 1 unspecified atom stereocenters. The Balaban J connectivity index is 2.17. The molecule has 1 atom stereocenters. The number of fused-ring (bicyclic) bond motifs is 1. The van der Waals surface area contributed by atoms with E-state index in [9.17, 15) is 9.59 Å². The van der Waals surface area contributed by atoms with Crippen molar-refractivity contribution in [3.8, 4) is 0 Å². The van der Waals surface area contributed by atoms with Crippen LogP contribution in [-0.2, 0) is 9.59 Å². The maximum absolute atomic E-state index is 11.9. The Kier molecular flexibility index (Phi) is 5.33. The van der Waals surface area contributed by atoms with Crippen LogP contribution in [0.15, 0.2) is 24.3 Å². The van der Waals surface area contributed by atoms with Gasteiger partial charge >= 0.3 is 0 Å². The van der Waals surface area contributed by atoms with Gasteiger partial charge in [0, 0.05) is 6.04 Å². The van der Waals surface area contributed by atoms with Gasteiger partial charge in [-0.2, -0.15) is 0 Å². The Morgan fingerprint density at radius 3 is 2.57 bits per heavy atom. The molecule has 124 valence electrons. The first-order valence-corrected chi connectivity index (χ1v) is 7.67. The fraction of sp³-hybridized carbons (Fsp3) is 0.438. The quantitative estimate of drug-likeness (QED) is 0.735. The third-order valence-electron chi connectivity index (χ3n) is 3.54. The van der Waals surface area contributed by atoms with Crippen LogP contribution in [0.25, 0.3) is 11.0 Å². The van der Waals surface area contributed by atoms with E-state index in [2.05, 4.69) is 34.0 Å². The van der Waals surface area contributed by atoms with Gasteiger partial charge in [0.1, 0.15) is 5.82 Å². The summed E-state index contributed by atoms with van der Waals surface area (Å²) in [6, 6.07) is 7.82. The average molecular weight is 317 g/mol. The predicted molar refractivity (Wildman–Crippen MR) is 88.7 cm³/mol. The molecule has 0 saturated heterocycles. The van der Waals surface area contributed by atoms with E-state index in [1.54, 1.807) is 0 Å². The minimum atomic E-state index is -0.359. The van der Waals surface area contributed by atoms with E-state index in [1.165, 1.54) is 0 Å². The van der Waals surface area contributed by atoms with E-state index in [4.69, 9.17) is 5.73 Å². The van der Waals surface area contributed by atoms with Gasteiger partial charge in [-0.1, -0.05) is 12.1 Å². The smallest absolute Gasteiger partial charge is 0.239 e. The van der Waals surface area contributed by atoms with Crippen LogP contribution in [0.5, 0.6) is 0 Å². The van der Waals surface area contributed by atoms with Crippen LogP contribution >= 0.6 is 0 Å². The number of hydrogen-bond acceptors (Lipinski definition) is 4. The first-order chi connectivity index (χ1) is 10.9. The first kappa shape index (κ1) is 17.0. The summed E-state index contributed by atoms with van der Waals surface area (Å²) >= 11 is 0. The number of carbonyl (C=O) groups excluding carboxylic acids is 2. The zero-order valence-electron chi connectivity index (χ0n) is 13.7. The van der Waals surface area contributed by atoms with E-state index < -0.39 is 0 Å². The minimum Gasteiger partial charge on any atom is -0.346 e. The molecule has 4 N–H and O–H groups in total. The summed E-state index contributed by atoms with van der Waals surface area (Å²) in [6.07, 6.45) is 0. The molecule has 2 aromatic rings. The summed E-state index contributed by atoms with van der Waals surface area (Å²) in [7, 11) is 0. The molecule has 0 bridgehead atoms. The van der Waals surface area contributed by atoms with Gasteiger partial charge < -0.3 is 20.9 Å². The zero-order chi connectivity index (χ0) is 17.0. The van der Waals surface area contributed by atoms with Gasteiger partial charge in [0.2, 0.25) is 11.8 Å². The van der Waals surface area contributed by atoms with Crippen molar-refractivity contribution in [2.24, 2.45) is 5.73 Å². The largest absolute Gasteiger partial charge is 0.346 e. The number of amides is 2. The molecule has 23 heavy (non-hydrogen) atoms. The van der Waals surface area contributed by atoms with Gasteiger partial charge in [0.05, 0.1) is 30.2 Å². The van der Waals surface area contributed by atoms with Gasteiger partial charge in [0.15, 0.2) is 0 Å². The van der Waals surface area contributed by atoms with E-state index >= 15 is 0 Å². The molecule has 0 aliphatic carbocycles. The molecule has 2 amide bonds. The highest BCUT2D eigenvalue weighted by molar-refractivity contribution is 5.85. The summed E-state index contributed by atoms with van der Waals surface area (Å²) in [5.74, 6) is 0.156. The second-order valence-corrected chi connectivity index (χ2v) is 5.69. The maximum Gasteiger partial charge on any atom is 0.239 e. The number of carbonyl (C=O) groups is 2. The topological polar surface area (TPSA) is 102 Å². The fourth-order valence-electron chi connectivity index (χ4n) is 2.52. The van der Waals surface area contributed by atoms with Crippen molar-refractivity contribution in [2.45, 2.75) is 32.9 Å². The normalized spacial score (nSPS) is 12.4. The SMILES string of the molecule is CC(NC(=O)CNC(=O)CN)c1nc2ccccc2n1C(C)C. The molecule has 0 aliphatic rings. The van der Waals surface area contributed by atoms with Crippen LogP contribution in [-0.4, -0.2) is 34.5 Å². The van der Waals surface area contributed by atoms with Crippen molar-refractivity contribution < 1.29 is 9.59 Å². The molecule has 1 aromatic heterocycles. The molecule has 2 rings (SSSR count). The molecular weight excluding hydrogens is 294 g/mol. The Labute approximate surface area is 135 Å². The van der Waals surface area contributed by atoms with Crippen molar-refractivity contribution in [3.05, 3.63) is 30.1 Å². The van der Waals surface area contributed by atoms with Crippen LogP contribution in [0, 0.1) is 0 Å². The number of rotatable bonds is 6. The molecule has 0 fully saturated rings. The monoisotopic (exact) mass is 317 g/mol. The van der Waals surface area contributed by atoms with Gasteiger partial charge in [0.25, 0.3) is 0 Å². The molecule has 7 nitrogen and oxygen atoms in total. The highest BCUT2D eigenvalue weighted by Crippen LogP contribution is 2.24. The third-order valence-corrected chi connectivity index (χ3v) is 3.54. The lowest BCUT2D eigenvalue weighted by Gasteiger charge is -2.19. The summed E-state index contributed by atoms with van der Waals surface area (Å²) in [6.45, 7) is 5.80. The van der Waals surface area contributed by atoms with Crippen molar-refractivity contribution in [1.82, 2.24) is 20.2 Å². The highest BCUT2D eigenvalue weighted by atomic mass is 16.2. The van der Waals surface area contributed by atoms with Gasteiger partial charge in [-0.05, 0) is 32.9 Å². The summed E-state index contributed by atoms with van der Waals surface area (Å²) in [5, 5.41) is 5.30. The number of para-hydroxylation sites is 2. The van der Waals surface area contributed by atoms with E-state index in [0.29, 0.717) is 0 Å². The lowest BCUT2D eigenvalue weighted by atomic mass is 10.2. The molecule has 0 radical (unpaired) electrons. The predicted octanol–water partition coefficient (Wildman–Crippen LogP) is 0.869. The number of nitrogens with two attached hydrogens (primary N) is 1. The zero-order valence-corrected chi connectivity index (χ0v) is 13.7. The molecule has 1 aromatic carbocycles. The second-order valence-electron chi connectivity index (χ2n) is 5.69. The number of benzene rings is 1. The number of hydrogen-bond donors (Lipinski definition) is 3. The van der Waals surface area contributed by atoms with E-state index in [-0.39, 0.29) is 37.0 Å². The Morgan fingerprint density at radius 1 is 1.22 bits per heavy atom. The Hall–Kier alpha value is -2.41. The van der Waals surface area contributed by atoms with Crippen LogP contribution in [0.4, 0.5) is 0 Å². The second kappa shape index (κ2) is 7.23. The summed E-state index contributed by atoms with van der Waals surface area (Å²) in [4.78, 5) is 27.7. The number of aromatic nitrogens is 2. The van der Waals surface area contributed by atoms with Crippen LogP contribution in [0.2, 0.25) is 0 Å². The minimum absolute atomic E-state index is 0.0950. The summed E-state index contributed by atoms with van der Waals surface area (Å²) < 4.78 is 2.11. The third kappa shape index (κ3) is 3.87. The Bertz CT molecular complexity index is 708. The van der Waals surface area contributed by atoms with E-state index in [1.807, 2.05) is 31.2 Å². The lowest BCUT2D eigenvalue weighted by Crippen LogP contribution is -2.40. The molecule has 1 heterocycles. The van der Waals surface area contributed by atoms with Gasteiger partial charge in [-0.3, -0.25) is 9.59 Å². The van der Waals surface area contributed by atoms with Crippen molar-refractivity contribution in [1.29, 1.82) is 0 Å². The van der Waals surface area contributed by atoms with Gasteiger partial charge in [-0.25, -0.2) is 4.98 Å². The van der Waals surface area contributed by atoms with Gasteiger partial charge in [-0.15, -0.1) is 0 Å². The van der Waals surface area contributed by atoms with Crippen LogP contribution in [0.1, 0.15) is 38.7 Å². The number of nitrogens with one attached hydrogen (secondary N) is 2. The molecule has 0 spiro atoms. The fourth-order valence-corrected chi connectivity index (χ4v) is 2.52. The molecule has 0 saturated carbocycles. The van der Waals surface area contributed by atoms with Crippen molar-refractivity contribution in [2.75, 3.05) is 13.1 Å².